The number of nitrogens with zero attached hydrogens (tertiary/aromatic N) is 2. The zero-order chi connectivity index (χ0) is 14.7. The molecule has 7 heteroatoms. The summed E-state index contributed by atoms with van der Waals surface area (Å²) in [5.41, 5.74) is 5.16. The topological polar surface area (TPSA) is 110 Å². The number of hydrogen-bond donors (Lipinski definition) is 2. The molecule has 2 amide bonds. The normalized spacial score (nSPS) is 10.0. The van der Waals surface area contributed by atoms with Gasteiger partial charge in [0.1, 0.15) is 0 Å². The van der Waals surface area contributed by atoms with Gasteiger partial charge in [-0.25, -0.2) is 4.79 Å². The van der Waals surface area contributed by atoms with E-state index in [9.17, 15) is 20.0 Å². The molecule has 0 aromatic heterocycles. The van der Waals surface area contributed by atoms with Crippen molar-refractivity contribution in [1.29, 1.82) is 0 Å². The van der Waals surface area contributed by atoms with Crippen molar-refractivity contribution in [2.24, 2.45) is 5.73 Å². The number of phenolic OH excluding ortho intramolecular Hbond substituents is 1. The number of rotatable bonds is 3. The fourth-order valence-corrected chi connectivity index (χ4v) is 1.81. The van der Waals surface area contributed by atoms with Crippen LogP contribution in [0.3, 0.4) is 0 Å². The second-order valence-electron chi connectivity index (χ2n) is 3.91. The molecule has 20 heavy (non-hydrogen) atoms. The highest BCUT2D eigenvalue weighted by Crippen LogP contribution is 2.38. The summed E-state index contributed by atoms with van der Waals surface area (Å²) in [5, 5.41) is 20.8. The van der Waals surface area contributed by atoms with E-state index in [0.29, 0.717) is 5.69 Å². The SMILES string of the molecule is NC(=O)N(c1ccccc1)c1cccc([N+](=O)[O-])c1O. The lowest BCUT2D eigenvalue weighted by Gasteiger charge is -2.21. The van der Waals surface area contributed by atoms with Gasteiger partial charge in [-0.3, -0.25) is 15.0 Å². The summed E-state index contributed by atoms with van der Waals surface area (Å²) in [6, 6.07) is 11.3. The molecule has 0 saturated carbocycles. The molecule has 0 aliphatic rings. The monoisotopic (exact) mass is 273 g/mol. The Kier molecular flexibility index (Phi) is 3.52. The van der Waals surface area contributed by atoms with Crippen molar-refractivity contribution in [2.45, 2.75) is 0 Å². The van der Waals surface area contributed by atoms with E-state index < -0.39 is 22.4 Å². The van der Waals surface area contributed by atoms with Crippen molar-refractivity contribution >= 4 is 23.1 Å². The molecule has 3 N–H and O–H groups in total. The molecular formula is C13H11N3O4. The Morgan fingerprint density at radius 2 is 1.80 bits per heavy atom. The Morgan fingerprint density at radius 1 is 1.15 bits per heavy atom. The van der Waals surface area contributed by atoms with Gasteiger partial charge >= 0.3 is 11.7 Å². The molecule has 0 fully saturated rings. The Labute approximate surface area is 114 Å². The van der Waals surface area contributed by atoms with E-state index in [1.165, 1.54) is 12.1 Å². The van der Waals surface area contributed by atoms with Crippen LogP contribution in [-0.4, -0.2) is 16.1 Å². The first-order valence-electron chi connectivity index (χ1n) is 5.63. The van der Waals surface area contributed by atoms with Crippen molar-refractivity contribution < 1.29 is 14.8 Å². The first kappa shape index (κ1) is 13.3. The van der Waals surface area contributed by atoms with Gasteiger partial charge in [0.2, 0.25) is 5.75 Å². The summed E-state index contributed by atoms with van der Waals surface area (Å²) < 4.78 is 0. The highest BCUT2D eigenvalue weighted by Gasteiger charge is 2.24. The Morgan fingerprint density at radius 3 is 2.35 bits per heavy atom. The molecule has 0 unspecified atom stereocenters. The molecule has 0 radical (unpaired) electrons. The number of amides is 2. The molecule has 0 aliphatic carbocycles. The van der Waals surface area contributed by atoms with Gasteiger partial charge in [-0.15, -0.1) is 0 Å². The van der Waals surface area contributed by atoms with Crippen LogP contribution in [0.25, 0.3) is 0 Å². The van der Waals surface area contributed by atoms with Crippen molar-refractivity contribution in [3.63, 3.8) is 0 Å². The Balaban J connectivity index is 2.60. The molecule has 7 nitrogen and oxygen atoms in total. The van der Waals surface area contributed by atoms with E-state index in [2.05, 4.69) is 0 Å². The molecule has 0 bridgehead atoms. The van der Waals surface area contributed by atoms with Gasteiger partial charge in [-0.1, -0.05) is 24.3 Å². The van der Waals surface area contributed by atoms with E-state index in [1.54, 1.807) is 30.3 Å². The standard InChI is InChI=1S/C13H11N3O4/c14-13(18)15(9-5-2-1-3-6-9)10-7-4-8-11(12(10)17)16(19)20/h1-8,17H,(H2,14,18). The van der Waals surface area contributed by atoms with E-state index >= 15 is 0 Å². The highest BCUT2D eigenvalue weighted by atomic mass is 16.6. The summed E-state index contributed by atoms with van der Waals surface area (Å²) >= 11 is 0. The predicted octanol–water partition coefficient (Wildman–Crippen LogP) is 2.52. The van der Waals surface area contributed by atoms with E-state index in [-0.39, 0.29) is 5.69 Å². The Bertz CT molecular complexity index is 658. The van der Waals surface area contributed by atoms with Gasteiger partial charge in [0, 0.05) is 6.07 Å². The fraction of sp³-hybridized carbons (Fsp3) is 0. The molecule has 0 spiro atoms. The summed E-state index contributed by atoms with van der Waals surface area (Å²) in [6.07, 6.45) is 0. The highest BCUT2D eigenvalue weighted by molar-refractivity contribution is 6.00. The van der Waals surface area contributed by atoms with Gasteiger partial charge in [0.05, 0.1) is 16.3 Å². The van der Waals surface area contributed by atoms with Gasteiger partial charge in [0.15, 0.2) is 0 Å². The minimum absolute atomic E-state index is 0.0436. The van der Waals surface area contributed by atoms with Crippen LogP contribution in [0.1, 0.15) is 0 Å². The van der Waals surface area contributed by atoms with Crippen LogP contribution in [0.2, 0.25) is 0 Å². The third-order valence-corrected chi connectivity index (χ3v) is 2.67. The molecular weight excluding hydrogens is 262 g/mol. The van der Waals surface area contributed by atoms with Crippen LogP contribution in [-0.2, 0) is 0 Å². The summed E-state index contributed by atoms with van der Waals surface area (Å²) in [5.74, 6) is -0.611. The second kappa shape index (κ2) is 5.27. The molecule has 2 aromatic rings. The second-order valence-corrected chi connectivity index (χ2v) is 3.91. The minimum Gasteiger partial charge on any atom is -0.501 e. The summed E-state index contributed by atoms with van der Waals surface area (Å²) in [6.45, 7) is 0. The maximum atomic E-state index is 11.6. The number of hydrogen-bond acceptors (Lipinski definition) is 4. The van der Waals surface area contributed by atoms with Crippen molar-refractivity contribution in [3.05, 3.63) is 58.6 Å². The first-order chi connectivity index (χ1) is 9.52. The largest absolute Gasteiger partial charge is 0.501 e. The summed E-state index contributed by atoms with van der Waals surface area (Å²) in [7, 11) is 0. The lowest BCUT2D eigenvalue weighted by molar-refractivity contribution is -0.385. The number of anilines is 2. The molecule has 0 heterocycles. The van der Waals surface area contributed by atoms with Gasteiger partial charge in [-0.05, 0) is 18.2 Å². The van der Waals surface area contributed by atoms with Gasteiger partial charge in [0.25, 0.3) is 0 Å². The number of nitro groups is 1. The molecule has 2 rings (SSSR count). The van der Waals surface area contributed by atoms with E-state index in [1.807, 2.05) is 0 Å². The van der Waals surface area contributed by atoms with Gasteiger partial charge < -0.3 is 10.8 Å². The van der Waals surface area contributed by atoms with Crippen LogP contribution in [0.4, 0.5) is 21.9 Å². The van der Waals surface area contributed by atoms with Crippen molar-refractivity contribution in [1.82, 2.24) is 0 Å². The van der Waals surface area contributed by atoms with Crippen LogP contribution in [0.15, 0.2) is 48.5 Å². The number of primary amides is 1. The minimum atomic E-state index is -0.855. The van der Waals surface area contributed by atoms with Crippen LogP contribution in [0.5, 0.6) is 5.75 Å². The quantitative estimate of drug-likeness (QED) is 0.661. The lowest BCUT2D eigenvalue weighted by Crippen LogP contribution is -2.31. The number of aromatic hydroxyl groups is 1. The molecule has 2 aromatic carbocycles. The lowest BCUT2D eigenvalue weighted by atomic mass is 10.2. The number of carbonyl (C=O) groups is 1. The predicted molar refractivity (Wildman–Crippen MR) is 72.9 cm³/mol. The van der Waals surface area contributed by atoms with Gasteiger partial charge in [-0.2, -0.15) is 0 Å². The molecule has 0 saturated heterocycles. The number of urea groups is 1. The zero-order valence-electron chi connectivity index (χ0n) is 10.3. The fourth-order valence-electron chi connectivity index (χ4n) is 1.81. The number of phenols is 1. The Hall–Kier alpha value is -3.09. The zero-order valence-corrected chi connectivity index (χ0v) is 10.3. The molecule has 0 atom stereocenters. The number of nitrogens with two attached hydrogens (primary N) is 1. The van der Waals surface area contributed by atoms with Crippen LogP contribution >= 0.6 is 0 Å². The van der Waals surface area contributed by atoms with Crippen molar-refractivity contribution in [3.8, 4) is 5.75 Å². The van der Waals surface area contributed by atoms with Crippen LogP contribution < -0.4 is 10.6 Å². The third-order valence-electron chi connectivity index (χ3n) is 2.67. The maximum Gasteiger partial charge on any atom is 0.324 e. The average Bonchev–Trinajstić information content (AvgIpc) is 2.41. The molecule has 102 valence electrons. The summed E-state index contributed by atoms with van der Waals surface area (Å²) in [4.78, 5) is 22.7. The smallest absolute Gasteiger partial charge is 0.324 e. The third kappa shape index (κ3) is 2.37. The number of nitro benzene ring substituents is 1. The van der Waals surface area contributed by atoms with E-state index in [4.69, 9.17) is 5.73 Å². The van der Waals surface area contributed by atoms with Crippen molar-refractivity contribution in [2.75, 3.05) is 4.90 Å². The first-order valence-corrected chi connectivity index (χ1v) is 5.63. The van der Waals surface area contributed by atoms with E-state index in [0.717, 1.165) is 11.0 Å². The number of carbonyl (C=O) groups excluding carboxylic acids is 1. The average molecular weight is 273 g/mol. The molecule has 0 aliphatic heterocycles. The number of para-hydroxylation sites is 2. The van der Waals surface area contributed by atoms with Crippen LogP contribution in [0, 0.1) is 10.1 Å². The number of benzene rings is 2. The maximum absolute atomic E-state index is 11.6.